The largest absolute Gasteiger partial charge is 0.373 e. The van der Waals surface area contributed by atoms with Gasteiger partial charge in [-0.15, -0.1) is 11.3 Å². The first-order valence-electron chi connectivity index (χ1n) is 10.6. The van der Waals surface area contributed by atoms with Crippen molar-refractivity contribution in [1.29, 1.82) is 0 Å². The summed E-state index contributed by atoms with van der Waals surface area (Å²) in [6.07, 6.45) is 7.22. The van der Waals surface area contributed by atoms with E-state index < -0.39 is 0 Å². The molecule has 6 heteroatoms. The Morgan fingerprint density at radius 1 is 1.26 bits per heavy atom. The summed E-state index contributed by atoms with van der Waals surface area (Å²) in [6, 6.07) is -0.0778. The van der Waals surface area contributed by atoms with E-state index in [4.69, 9.17) is 9.72 Å². The molecule has 0 aromatic carbocycles. The predicted octanol–water partition coefficient (Wildman–Crippen LogP) is 3.20. The van der Waals surface area contributed by atoms with E-state index in [1.165, 1.54) is 34.8 Å². The number of hydrogen-bond acceptors (Lipinski definition) is 5. The molecule has 3 unspecified atom stereocenters. The summed E-state index contributed by atoms with van der Waals surface area (Å²) in [4.78, 5) is 21.5. The molecule has 3 rings (SSSR count). The maximum Gasteiger partial charge on any atom is 0.237 e. The highest BCUT2D eigenvalue weighted by Gasteiger charge is 2.33. The van der Waals surface area contributed by atoms with Crippen LogP contribution < -0.4 is 5.32 Å². The van der Waals surface area contributed by atoms with Crippen LogP contribution >= 0.6 is 11.3 Å². The molecular formula is C21H35N3O2S. The molecule has 0 saturated carbocycles. The molecular weight excluding hydrogens is 358 g/mol. The van der Waals surface area contributed by atoms with Crippen LogP contribution in [0, 0.1) is 5.92 Å². The molecule has 2 aliphatic rings. The third kappa shape index (κ3) is 5.52. The van der Waals surface area contributed by atoms with E-state index in [2.05, 4.69) is 37.9 Å². The number of ether oxygens (including phenoxy) is 1. The molecule has 152 valence electrons. The van der Waals surface area contributed by atoms with Gasteiger partial charge in [-0.1, -0.05) is 13.8 Å². The van der Waals surface area contributed by atoms with Crippen molar-refractivity contribution >= 4 is 17.2 Å². The van der Waals surface area contributed by atoms with Crippen molar-refractivity contribution in [3.05, 3.63) is 15.6 Å². The van der Waals surface area contributed by atoms with Crippen molar-refractivity contribution in [2.45, 2.75) is 84.5 Å². The molecule has 1 N–H and O–H groups in total. The number of aromatic nitrogens is 1. The highest BCUT2D eigenvalue weighted by atomic mass is 32.1. The highest BCUT2D eigenvalue weighted by Crippen LogP contribution is 2.27. The minimum atomic E-state index is -0.0778. The van der Waals surface area contributed by atoms with Crippen molar-refractivity contribution in [2.24, 2.45) is 5.92 Å². The van der Waals surface area contributed by atoms with Crippen molar-refractivity contribution in [3.63, 3.8) is 0 Å². The molecule has 1 aliphatic heterocycles. The fourth-order valence-corrected chi connectivity index (χ4v) is 5.60. The smallest absolute Gasteiger partial charge is 0.237 e. The van der Waals surface area contributed by atoms with Crippen LogP contribution in [-0.4, -0.2) is 53.7 Å². The van der Waals surface area contributed by atoms with E-state index in [1.54, 1.807) is 0 Å². The molecule has 0 radical (unpaired) electrons. The van der Waals surface area contributed by atoms with Crippen LogP contribution in [0.4, 0.5) is 0 Å². The normalized spacial score (nSPS) is 24.6. The van der Waals surface area contributed by atoms with Crippen LogP contribution in [0.3, 0.4) is 0 Å². The summed E-state index contributed by atoms with van der Waals surface area (Å²) in [5.74, 6) is 0.443. The molecule has 0 bridgehead atoms. The number of nitrogens with one attached hydrogen (secondary N) is 1. The molecule has 3 atom stereocenters. The number of amides is 1. The van der Waals surface area contributed by atoms with E-state index in [0.717, 1.165) is 38.9 Å². The van der Waals surface area contributed by atoms with Gasteiger partial charge in [0.15, 0.2) is 0 Å². The first-order valence-corrected chi connectivity index (χ1v) is 11.4. The van der Waals surface area contributed by atoms with Gasteiger partial charge >= 0.3 is 0 Å². The molecule has 2 heterocycles. The van der Waals surface area contributed by atoms with Gasteiger partial charge in [-0.3, -0.25) is 9.69 Å². The Morgan fingerprint density at radius 2 is 1.96 bits per heavy atom. The fraction of sp³-hybridized carbons (Fsp3) is 0.810. The van der Waals surface area contributed by atoms with Gasteiger partial charge in [0, 0.05) is 30.9 Å². The Morgan fingerprint density at radius 3 is 2.63 bits per heavy atom. The second-order valence-electron chi connectivity index (χ2n) is 8.48. The number of carbonyl (C=O) groups is 1. The quantitative estimate of drug-likeness (QED) is 0.723. The summed E-state index contributed by atoms with van der Waals surface area (Å²) in [6.45, 7) is 10.8. The summed E-state index contributed by atoms with van der Waals surface area (Å²) in [7, 11) is 0. The van der Waals surface area contributed by atoms with Crippen LogP contribution in [0.15, 0.2) is 0 Å². The number of fused-ring (bicyclic) bond motifs is 1. The summed E-state index contributed by atoms with van der Waals surface area (Å²) in [5.41, 5.74) is 1.33. The Bertz CT molecular complexity index is 597. The van der Waals surface area contributed by atoms with E-state index in [0.29, 0.717) is 0 Å². The molecule has 1 aliphatic carbocycles. The standard InChI is InChI=1S/C21H35N3O2S/c1-14(2)20(24-12-15(3)26-16(4)13-24)21(25)22-11-7-10-19-23-17-8-5-6-9-18(17)27-19/h14-16,20H,5-13H2,1-4H3,(H,22,25). The zero-order valence-corrected chi connectivity index (χ0v) is 18.1. The number of carbonyl (C=O) groups excluding carboxylic acids is 1. The van der Waals surface area contributed by atoms with E-state index in [9.17, 15) is 4.79 Å². The Kier molecular flexibility index (Phi) is 7.29. The highest BCUT2D eigenvalue weighted by molar-refractivity contribution is 7.11. The summed E-state index contributed by atoms with van der Waals surface area (Å²) >= 11 is 1.88. The SMILES string of the molecule is CC1CN(C(C(=O)NCCCc2nc3c(s2)CCCC3)C(C)C)CC(C)O1. The van der Waals surface area contributed by atoms with Gasteiger partial charge in [-0.05, 0) is 51.9 Å². The molecule has 1 saturated heterocycles. The summed E-state index contributed by atoms with van der Waals surface area (Å²) in [5, 5.41) is 4.42. The molecule has 1 aromatic rings. The lowest BCUT2D eigenvalue weighted by atomic mass is 9.99. The monoisotopic (exact) mass is 393 g/mol. The maximum atomic E-state index is 12.9. The van der Waals surface area contributed by atoms with Gasteiger partial charge in [0.25, 0.3) is 0 Å². The third-order valence-electron chi connectivity index (χ3n) is 5.50. The molecule has 5 nitrogen and oxygen atoms in total. The topological polar surface area (TPSA) is 54.5 Å². The average molecular weight is 394 g/mol. The fourth-order valence-electron chi connectivity index (χ4n) is 4.40. The van der Waals surface area contributed by atoms with Crippen molar-refractivity contribution in [1.82, 2.24) is 15.2 Å². The molecule has 27 heavy (non-hydrogen) atoms. The van der Waals surface area contributed by atoms with Gasteiger partial charge in [0.2, 0.25) is 5.91 Å². The van der Waals surface area contributed by atoms with Crippen LogP contribution in [0.25, 0.3) is 0 Å². The van der Waals surface area contributed by atoms with E-state index >= 15 is 0 Å². The lowest BCUT2D eigenvalue weighted by molar-refractivity contribution is -0.135. The maximum absolute atomic E-state index is 12.9. The van der Waals surface area contributed by atoms with E-state index in [1.807, 2.05) is 11.3 Å². The number of rotatable bonds is 7. The molecule has 0 spiro atoms. The van der Waals surface area contributed by atoms with Crippen molar-refractivity contribution < 1.29 is 9.53 Å². The van der Waals surface area contributed by atoms with Crippen LogP contribution in [-0.2, 0) is 28.8 Å². The molecule has 1 fully saturated rings. The third-order valence-corrected chi connectivity index (χ3v) is 6.72. The lowest BCUT2D eigenvalue weighted by Crippen LogP contribution is -2.57. The first-order chi connectivity index (χ1) is 12.9. The second-order valence-corrected chi connectivity index (χ2v) is 9.65. The number of thiazole rings is 1. The van der Waals surface area contributed by atoms with Gasteiger partial charge in [0.1, 0.15) is 0 Å². The lowest BCUT2D eigenvalue weighted by Gasteiger charge is -2.41. The van der Waals surface area contributed by atoms with Crippen molar-refractivity contribution in [3.8, 4) is 0 Å². The number of morpholine rings is 1. The Hall–Kier alpha value is -0.980. The zero-order valence-electron chi connectivity index (χ0n) is 17.3. The Labute approximate surface area is 167 Å². The second kappa shape index (κ2) is 9.48. The minimum Gasteiger partial charge on any atom is -0.373 e. The van der Waals surface area contributed by atoms with Gasteiger partial charge in [0.05, 0.1) is 29.0 Å². The molecule has 1 amide bonds. The Balaban J connectivity index is 1.47. The van der Waals surface area contributed by atoms with Gasteiger partial charge < -0.3 is 10.1 Å². The number of aryl methyl sites for hydroxylation is 3. The molecule has 1 aromatic heterocycles. The first kappa shape index (κ1) is 20.7. The van der Waals surface area contributed by atoms with E-state index in [-0.39, 0.29) is 30.1 Å². The predicted molar refractivity (Wildman–Crippen MR) is 110 cm³/mol. The number of nitrogens with zero attached hydrogens (tertiary/aromatic N) is 2. The van der Waals surface area contributed by atoms with Crippen molar-refractivity contribution in [2.75, 3.05) is 19.6 Å². The van der Waals surface area contributed by atoms with Gasteiger partial charge in [-0.2, -0.15) is 0 Å². The number of hydrogen-bond donors (Lipinski definition) is 1. The minimum absolute atomic E-state index is 0.0778. The van der Waals surface area contributed by atoms with Crippen LogP contribution in [0.2, 0.25) is 0 Å². The average Bonchev–Trinajstić information content (AvgIpc) is 3.00. The van der Waals surface area contributed by atoms with Gasteiger partial charge in [-0.25, -0.2) is 4.98 Å². The zero-order chi connectivity index (χ0) is 19.4. The van der Waals surface area contributed by atoms with Crippen LogP contribution in [0.1, 0.15) is 62.5 Å². The summed E-state index contributed by atoms with van der Waals surface area (Å²) < 4.78 is 5.83. The van der Waals surface area contributed by atoms with Crippen LogP contribution in [0.5, 0.6) is 0 Å².